The van der Waals surface area contributed by atoms with Crippen LogP contribution in [0.5, 0.6) is 0 Å². The van der Waals surface area contributed by atoms with Gasteiger partial charge in [-0.05, 0) is 55.2 Å². The smallest absolute Gasteiger partial charge is 0.240 e. The normalized spacial score (nSPS) is 28.8. The van der Waals surface area contributed by atoms with Crippen LogP contribution in [0.1, 0.15) is 25.7 Å². The Hall–Kier alpha value is -1.27. The maximum absolute atomic E-state index is 11.3. The Morgan fingerprint density at radius 3 is 2.60 bits per heavy atom. The number of nitrogen functional groups attached to an aromatic ring is 1. The van der Waals surface area contributed by atoms with Crippen molar-refractivity contribution in [2.75, 3.05) is 17.6 Å². The zero-order valence-corrected chi connectivity index (χ0v) is 12.2. The average Bonchev–Trinajstić information content (AvgIpc) is 2.96. The van der Waals surface area contributed by atoms with Crippen LogP contribution in [-0.2, 0) is 10.0 Å². The first-order valence-corrected chi connectivity index (χ1v) is 8.64. The third-order valence-corrected chi connectivity index (χ3v) is 5.75. The molecule has 5 N–H and O–H groups in total. The summed E-state index contributed by atoms with van der Waals surface area (Å²) in [5, 5.41) is 8.47. The van der Waals surface area contributed by atoms with Gasteiger partial charge in [0.15, 0.2) is 0 Å². The second-order valence-electron chi connectivity index (χ2n) is 6.11. The number of rotatable bonds is 4. The van der Waals surface area contributed by atoms with E-state index >= 15 is 0 Å². The lowest BCUT2D eigenvalue weighted by atomic mass is 9.89. The van der Waals surface area contributed by atoms with Crippen LogP contribution in [0.3, 0.4) is 0 Å². The predicted molar refractivity (Wildman–Crippen MR) is 79.7 cm³/mol. The molecule has 0 heterocycles. The van der Waals surface area contributed by atoms with Crippen molar-refractivity contribution in [3.8, 4) is 0 Å². The Bertz CT molecular complexity index is 615. The van der Waals surface area contributed by atoms with E-state index in [4.69, 9.17) is 10.9 Å². The van der Waals surface area contributed by atoms with Crippen LogP contribution in [0.25, 0.3) is 0 Å². The highest BCUT2D eigenvalue weighted by molar-refractivity contribution is 7.89. The number of anilines is 2. The molecular formula is C14H21N3O2S. The molecule has 20 heavy (non-hydrogen) atoms. The summed E-state index contributed by atoms with van der Waals surface area (Å²) in [4.78, 5) is -0.0111. The van der Waals surface area contributed by atoms with Gasteiger partial charge < -0.3 is 11.1 Å². The van der Waals surface area contributed by atoms with Gasteiger partial charge in [0, 0.05) is 12.2 Å². The standard InChI is InChI=1S/C14H21N3O2S/c15-13-7-12(3-4-14(13)20(16,18)19)17-8-11-6-9-1-2-10(11)5-9/h3-4,7,9-11,17H,1-2,5-6,8,15H2,(H2,16,18,19). The molecule has 3 atom stereocenters. The molecular weight excluding hydrogens is 274 g/mol. The second-order valence-corrected chi connectivity index (χ2v) is 7.64. The van der Waals surface area contributed by atoms with Crippen LogP contribution in [-0.4, -0.2) is 15.0 Å². The maximum Gasteiger partial charge on any atom is 0.240 e. The van der Waals surface area contributed by atoms with Crippen molar-refractivity contribution in [3.05, 3.63) is 18.2 Å². The van der Waals surface area contributed by atoms with Gasteiger partial charge in [0.25, 0.3) is 0 Å². The molecule has 110 valence electrons. The number of nitrogens with two attached hydrogens (primary N) is 2. The van der Waals surface area contributed by atoms with Crippen LogP contribution in [0.2, 0.25) is 0 Å². The fourth-order valence-electron chi connectivity index (χ4n) is 3.79. The van der Waals surface area contributed by atoms with Crippen LogP contribution < -0.4 is 16.2 Å². The van der Waals surface area contributed by atoms with Gasteiger partial charge in [0.05, 0.1) is 5.69 Å². The highest BCUT2D eigenvalue weighted by Gasteiger charge is 2.38. The number of hydrogen-bond donors (Lipinski definition) is 3. The highest BCUT2D eigenvalue weighted by atomic mass is 32.2. The molecule has 0 aromatic heterocycles. The summed E-state index contributed by atoms with van der Waals surface area (Å²) in [5.74, 6) is 2.54. The van der Waals surface area contributed by atoms with E-state index in [1.165, 1.54) is 31.7 Å². The Labute approximate surface area is 119 Å². The summed E-state index contributed by atoms with van der Waals surface area (Å²) in [7, 11) is -3.74. The topological polar surface area (TPSA) is 98.2 Å². The minimum absolute atomic E-state index is 0.0111. The summed E-state index contributed by atoms with van der Waals surface area (Å²) < 4.78 is 22.6. The van der Waals surface area contributed by atoms with Crippen molar-refractivity contribution in [1.82, 2.24) is 0 Å². The summed E-state index contributed by atoms with van der Waals surface area (Å²) >= 11 is 0. The van der Waals surface area contributed by atoms with E-state index in [2.05, 4.69) is 5.32 Å². The third-order valence-electron chi connectivity index (χ3n) is 4.77. The van der Waals surface area contributed by atoms with Gasteiger partial charge in [-0.2, -0.15) is 0 Å². The third kappa shape index (κ3) is 2.62. The van der Waals surface area contributed by atoms with Crippen molar-refractivity contribution in [3.63, 3.8) is 0 Å². The van der Waals surface area contributed by atoms with Gasteiger partial charge in [-0.3, -0.25) is 0 Å². The highest BCUT2D eigenvalue weighted by Crippen LogP contribution is 2.48. The minimum atomic E-state index is -3.74. The van der Waals surface area contributed by atoms with E-state index in [1.807, 2.05) is 0 Å². The van der Waals surface area contributed by atoms with E-state index in [0.29, 0.717) is 0 Å². The van der Waals surface area contributed by atoms with Crippen LogP contribution in [0.4, 0.5) is 11.4 Å². The maximum atomic E-state index is 11.3. The molecule has 5 nitrogen and oxygen atoms in total. The van der Waals surface area contributed by atoms with E-state index in [1.54, 1.807) is 12.1 Å². The molecule has 0 radical (unpaired) electrons. The molecule has 1 aromatic carbocycles. The fraction of sp³-hybridized carbons (Fsp3) is 0.571. The number of primary sulfonamides is 1. The summed E-state index contributed by atoms with van der Waals surface area (Å²) in [6.07, 6.45) is 5.47. The largest absolute Gasteiger partial charge is 0.398 e. The molecule has 2 fully saturated rings. The molecule has 2 bridgehead atoms. The van der Waals surface area contributed by atoms with Crippen molar-refractivity contribution < 1.29 is 8.42 Å². The lowest BCUT2D eigenvalue weighted by Crippen LogP contribution is -2.20. The van der Waals surface area contributed by atoms with E-state index < -0.39 is 10.0 Å². The number of benzene rings is 1. The molecule has 3 unspecified atom stereocenters. The van der Waals surface area contributed by atoms with Crippen molar-refractivity contribution in [1.29, 1.82) is 0 Å². The van der Waals surface area contributed by atoms with Crippen molar-refractivity contribution >= 4 is 21.4 Å². The Balaban J connectivity index is 1.65. The Morgan fingerprint density at radius 1 is 1.25 bits per heavy atom. The fourth-order valence-corrected chi connectivity index (χ4v) is 4.44. The molecule has 0 amide bonds. The Morgan fingerprint density at radius 2 is 2.05 bits per heavy atom. The number of sulfonamides is 1. The number of nitrogens with one attached hydrogen (secondary N) is 1. The zero-order chi connectivity index (χ0) is 14.3. The lowest BCUT2D eigenvalue weighted by Gasteiger charge is -2.22. The van der Waals surface area contributed by atoms with E-state index in [0.717, 1.165) is 30.0 Å². The Kier molecular flexibility index (Phi) is 3.38. The van der Waals surface area contributed by atoms with Gasteiger partial charge in [-0.25, -0.2) is 13.6 Å². The SMILES string of the molecule is Nc1cc(NCC2CC3CCC2C3)ccc1S(N)(=O)=O. The van der Waals surface area contributed by atoms with Crippen LogP contribution >= 0.6 is 0 Å². The second kappa shape index (κ2) is 4.93. The molecule has 3 rings (SSSR count). The molecule has 2 aliphatic rings. The lowest BCUT2D eigenvalue weighted by molar-refractivity contribution is 0.348. The predicted octanol–water partition coefficient (Wildman–Crippen LogP) is 1.76. The average molecular weight is 295 g/mol. The number of fused-ring (bicyclic) bond motifs is 2. The van der Waals surface area contributed by atoms with E-state index in [9.17, 15) is 8.42 Å². The first kappa shape index (κ1) is 13.7. The summed E-state index contributed by atoms with van der Waals surface area (Å²) in [6.45, 7) is 0.940. The molecule has 2 saturated carbocycles. The quantitative estimate of drug-likeness (QED) is 0.737. The molecule has 0 spiro atoms. The van der Waals surface area contributed by atoms with Gasteiger partial charge in [0.1, 0.15) is 4.90 Å². The molecule has 6 heteroatoms. The molecule has 0 saturated heterocycles. The summed E-state index contributed by atoms with van der Waals surface area (Å²) in [5.41, 5.74) is 6.81. The first-order chi connectivity index (χ1) is 9.43. The zero-order valence-electron chi connectivity index (χ0n) is 11.4. The molecule has 0 aliphatic heterocycles. The van der Waals surface area contributed by atoms with Gasteiger partial charge in [-0.1, -0.05) is 6.42 Å². The van der Waals surface area contributed by atoms with Gasteiger partial charge in [-0.15, -0.1) is 0 Å². The van der Waals surface area contributed by atoms with E-state index in [-0.39, 0.29) is 10.6 Å². The number of hydrogen-bond acceptors (Lipinski definition) is 4. The monoisotopic (exact) mass is 295 g/mol. The summed E-state index contributed by atoms with van der Waals surface area (Å²) in [6, 6.07) is 4.84. The molecule has 1 aromatic rings. The van der Waals surface area contributed by atoms with Crippen LogP contribution in [0.15, 0.2) is 23.1 Å². The van der Waals surface area contributed by atoms with Crippen molar-refractivity contribution in [2.24, 2.45) is 22.9 Å². The van der Waals surface area contributed by atoms with Crippen molar-refractivity contribution in [2.45, 2.75) is 30.6 Å². The van der Waals surface area contributed by atoms with Crippen LogP contribution in [0, 0.1) is 17.8 Å². The van der Waals surface area contributed by atoms with Gasteiger partial charge in [0.2, 0.25) is 10.0 Å². The first-order valence-electron chi connectivity index (χ1n) is 7.09. The molecule has 2 aliphatic carbocycles. The minimum Gasteiger partial charge on any atom is -0.398 e. The van der Waals surface area contributed by atoms with Gasteiger partial charge >= 0.3 is 0 Å².